The number of ether oxygens (including phenoxy) is 1. The number of benzene rings is 3. The van der Waals surface area contributed by atoms with Crippen molar-refractivity contribution in [2.45, 2.75) is 27.0 Å². The molecule has 7 heteroatoms. The molecule has 0 spiro atoms. The van der Waals surface area contributed by atoms with Gasteiger partial charge in [0, 0.05) is 40.0 Å². The summed E-state index contributed by atoms with van der Waals surface area (Å²) < 4.78 is 19.9. The second-order valence-corrected chi connectivity index (χ2v) is 8.16. The van der Waals surface area contributed by atoms with Crippen molar-refractivity contribution in [3.8, 4) is 5.75 Å². The first-order valence-corrected chi connectivity index (χ1v) is 10.6. The maximum Gasteiger partial charge on any atom is 0.226 e. The second kappa shape index (κ2) is 10.5. The normalized spacial score (nSPS) is 10.8. The SMILES string of the molecule is CC(C)C(=O)Nc1ccc(NCc2cc(Cl)ccc2OCc2c(F)cccc2Cl)cc1. The van der Waals surface area contributed by atoms with Gasteiger partial charge in [0.25, 0.3) is 0 Å². The van der Waals surface area contributed by atoms with Crippen LogP contribution in [-0.2, 0) is 17.9 Å². The van der Waals surface area contributed by atoms with Gasteiger partial charge in [-0.3, -0.25) is 4.79 Å². The molecular formula is C24H23Cl2FN2O2. The summed E-state index contributed by atoms with van der Waals surface area (Å²) in [6, 6.07) is 17.2. The minimum atomic E-state index is -0.411. The average Bonchev–Trinajstić information content (AvgIpc) is 2.74. The van der Waals surface area contributed by atoms with Crippen molar-refractivity contribution in [3.63, 3.8) is 0 Å². The molecule has 0 atom stereocenters. The Bertz CT molecular complexity index is 1040. The van der Waals surface area contributed by atoms with Gasteiger partial charge in [0.2, 0.25) is 5.91 Å². The monoisotopic (exact) mass is 460 g/mol. The summed E-state index contributed by atoms with van der Waals surface area (Å²) in [7, 11) is 0. The molecule has 3 aromatic carbocycles. The van der Waals surface area contributed by atoms with Crippen LogP contribution in [0.2, 0.25) is 10.0 Å². The minimum Gasteiger partial charge on any atom is -0.488 e. The molecule has 0 saturated carbocycles. The van der Waals surface area contributed by atoms with Crippen molar-refractivity contribution in [3.05, 3.63) is 87.7 Å². The first kappa shape index (κ1) is 22.9. The summed E-state index contributed by atoms with van der Waals surface area (Å²) in [6.45, 7) is 4.13. The van der Waals surface area contributed by atoms with Gasteiger partial charge in [0.15, 0.2) is 0 Å². The molecule has 0 saturated heterocycles. The number of carbonyl (C=O) groups excluding carboxylic acids is 1. The molecule has 0 aromatic heterocycles. The van der Waals surface area contributed by atoms with Crippen molar-refractivity contribution >= 4 is 40.5 Å². The summed E-state index contributed by atoms with van der Waals surface area (Å²) in [5.74, 6) is 0.0532. The Morgan fingerprint density at radius 1 is 1.03 bits per heavy atom. The lowest BCUT2D eigenvalue weighted by Crippen LogP contribution is -2.17. The number of halogens is 3. The van der Waals surface area contributed by atoms with Crippen molar-refractivity contribution in [1.29, 1.82) is 0 Å². The third kappa shape index (κ3) is 6.36. The molecule has 2 N–H and O–H groups in total. The molecular weight excluding hydrogens is 438 g/mol. The molecule has 31 heavy (non-hydrogen) atoms. The van der Waals surface area contributed by atoms with E-state index in [1.807, 2.05) is 38.1 Å². The number of hydrogen-bond acceptors (Lipinski definition) is 3. The van der Waals surface area contributed by atoms with Gasteiger partial charge in [-0.05, 0) is 54.6 Å². The Balaban J connectivity index is 1.66. The molecule has 0 radical (unpaired) electrons. The van der Waals surface area contributed by atoms with Crippen molar-refractivity contribution in [2.24, 2.45) is 5.92 Å². The van der Waals surface area contributed by atoms with E-state index in [9.17, 15) is 9.18 Å². The lowest BCUT2D eigenvalue weighted by molar-refractivity contribution is -0.118. The maximum absolute atomic E-state index is 14.0. The largest absolute Gasteiger partial charge is 0.488 e. The smallest absolute Gasteiger partial charge is 0.226 e. The van der Waals surface area contributed by atoms with Crippen molar-refractivity contribution < 1.29 is 13.9 Å². The standard InChI is InChI=1S/C24H23Cl2FN2O2/c1-15(2)24(30)29-19-9-7-18(8-10-19)28-13-16-12-17(25)6-11-23(16)31-14-20-21(26)4-3-5-22(20)27/h3-12,15,28H,13-14H2,1-2H3,(H,29,30). The van der Waals surface area contributed by atoms with E-state index in [2.05, 4.69) is 10.6 Å². The van der Waals surface area contributed by atoms with Gasteiger partial charge in [-0.2, -0.15) is 0 Å². The first-order chi connectivity index (χ1) is 14.8. The highest BCUT2D eigenvalue weighted by Crippen LogP contribution is 2.27. The quantitative estimate of drug-likeness (QED) is 0.383. The summed E-state index contributed by atoms with van der Waals surface area (Å²) >= 11 is 12.2. The van der Waals surface area contributed by atoms with Crippen LogP contribution in [0.3, 0.4) is 0 Å². The van der Waals surface area contributed by atoms with Gasteiger partial charge in [0.05, 0.1) is 5.02 Å². The van der Waals surface area contributed by atoms with Gasteiger partial charge < -0.3 is 15.4 Å². The number of anilines is 2. The van der Waals surface area contributed by atoms with E-state index < -0.39 is 5.82 Å². The third-order valence-corrected chi connectivity index (χ3v) is 5.21. The highest BCUT2D eigenvalue weighted by atomic mass is 35.5. The van der Waals surface area contributed by atoms with E-state index in [1.54, 1.807) is 30.3 Å². The van der Waals surface area contributed by atoms with Crippen LogP contribution in [0.1, 0.15) is 25.0 Å². The predicted molar refractivity (Wildman–Crippen MR) is 124 cm³/mol. The molecule has 0 aliphatic carbocycles. The number of nitrogens with one attached hydrogen (secondary N) is 2. The van der Waals surface area contributed by atoms with E-state index in [0.717, 1.165) is 16.9 Å². The molecule has 3 rings (SSSR count). The zero-order chi connectivity index (χ0) is 22.4. The van der Waals surface area contributed by atoms with Gasteiger partial charge >= 0.3 is 0 Å². The molecule has 3 aromatic rings. The van der Waals surface area contributed by atoms with Crippen LogP contribution in [0, 0.1) is 11.7 Å². The van der Waals surface area contributed by atoms with Gasteiger partial charge in [-0.15, -0.1) is 0 Å². The summed E-state index contributed by atoms with van der Waals surface area (Å²) in [4.78, 5) is 11.8. The van der Waals surface area contributed by atoms with E-state index in [1.165, 1.54) is 6.07 Å². The minimum absolute atomic E-state index is 0.00435. The average molecular weight is 461 g/mol. The van der Waals surface area contributed by atoms with E-state index in [0.29, 0.717) is 27.9 Å². The van der Waals surface area contributed by atoms with E-state index in [4.69, 9.17) is 27.9 Å². The van der Waals surface area contributed by atoms with E-state index >= 15 is 0 Å². The lowest BCUT2D eigenvalue weighted by Gasteiger charge is -2.15. The first-order valence-electron chi connectivity index (χ1n) is 9.82. The molecule has 0 unspecified atom stereocenters. The second-order valence-electron chi connectivity index (χ2n) is 7.32. The summed E-state index contributed by atoms with van der Waals surface area (Å²) in [5, 5.41) is 7.04. The number of amides is 1. The fourth-order valence-corrected chi connectivity index (χ4v) is 3.21. The Morgan fingerprint density at radius 3 is 2.42 bits per heavy atom. The fourth-order valence-electron chi connectivity index (χ4n) is 2.80. The predicted octanol–water partition coefficient (Wildman–Crippen LogP) is 6.92. The molecule has 4 nitrogen and oxygen atoms in total. The summed E-state index contributed by atoms with van der Waals surface area (Å²) in [6.07, 6.45) is 0. The molecule has 0 heterocycles. The molecule has 0 bridgehead atoms. The van der Waals surface area contributed by atoms with Gasteiger partial charge in [0.1, 0.15) is 18.2 Å². The zero-order valence-corrected chi connectivity index (χ0v) is 18.7. The van der Waals surface area contributed by atoms with Crippen LogP contribution in [0.5, 0.6) is 5.75 Å². The van der Waals surface area contributed by atoms with Gasteiger partial charge in [-0.1, -0.05) is 43.1 Å². The van der Waals surface area contributed by atoms with Crippen molar-refractivity contribution in [2.75, 3.05) is 10.6 Å². The Labute approximate surface area is 191 Å². The fraction of sp³-hybridized carbons (Fsp3) is 0.208. The Hall–Kier alpha value is -2.76. The van der Waals surface area contributed by atoms with Crippen LogP contribution in [-0.4, -0.2) is 5.91 Å². The molecule has 1 amide bonds. The Kier molecular flexibility index (Phi) is 7.77. The van der Waals surface area contributed by atoms with Crippen LogP contribution in [0.15, 0.2) is 60.7 Å². The zero-order valence-electron chi connectivity index (χ0n) is 17.2. The molecule has 0 fully saturated rings. The topological polar surface area (TPSA) is 50.4 Å². The molecule has 162 valence electrons. The third-order valence-electron chi connectivity index (χ3n) is 4.62. The van der Waals surface area contributed by atoms with Gasteiger partial charge in [-0.25, -0.2) is 4.39 Å². The van der Waals surface area contributed by atoms with Crippen LogP contribution in [0.4, 0.5) is 15.8 Å². The maximum atomic E-state index is 14.0. The Morgan fingerprint density at radius 2 is 1.74 bits per heavy atom. The van der Waals surface area contributed by atoms with Crippen LogP contribution >= 0.6 is 23.2 Å². The van der Waals surface area contributed by atoms with Crippen molar-refractivity contribution in [1.82, 2.24) is 0 Å². The lowest BCUT2D eigenvalue weighted by atomic mass is 10.1. The summed E-state index contributed by atoms with van der Waals surface area (Å²) in [5.41, 5.74) is 2.72. The number of carbonyl (C=O) groups is 1. The number of rotatable bonds is 8. The molecule has 0 aliphatic heterocycles. The van der Waals surface area contributed by atoms with E-state index in [-0.39, 0.29) is 18.4 Å². The number of hydrogen-bond donors (Lipinski definition) is 2. The van der Waals surface area contributed by atoms with Crippen LogP contribution < -0.4 is 15.4 Å². The highest BCUT2D eigenvalue weighted by Gasteiger charge is 2.11. The highest BCUT2D eigenvalue weighted by molar-refractivity contribution is 6.31. The van der Waals surface area contributed by atoms with Crippen LogP contribution in [0.25, 0.3) is 0 Å². The molecule has 0 aliphatic rings.